The Bertz CT molecular complexity index is 307. The first-order valence-corrected chi connectivity index (χ1v) is 6.63. The Labute approximate surface area is 109 Å². The summed E-state index contributed by atoms with van der Waals surface area (Å²) in [4.78, 5) is 25.9. The number of urea groups is 1. The molecule has 5 nitrogen and oxygen atoms in total. The molecule has 18 heavy (non-hydrogen) atoms. The maximum Gasteiger partial charge on any atom is 0.319 e. The van der Waals surface area contributed by atoms with Crippen LogP contribution in [0.4, 0.5) is 4.79 Å². The summed E-state index contributed by atoms with van der Waals surface area (Å²) >= 11 is 0. The van der Waals surface area contributed by atoms with Crippen LogP contribution >= 0.6 is 0 Å². The topological polar surface area (TPSA) is 60.9 Å². The smallest absolute Gasteiger partial charge is 0.319 e. The van der Waals surface area contributed by atoms with Gasteiger partial charge in [0.2, 0.25) is 0 Å². The van der Waals surface area contributed by atoms with Crippen molar-refractivity contribution < 1.29 is 14.7 Å². The molecule has 5 heteroatoms. The number of rotatable bonds is 4. The Morgan fingerprint density at radius 3 is 2.39 bits per heavy atom. The Morgan fingerprint density at radius 1 is 1.22 bits per heavy atom. The van der Waals surface area contributed by atoms with Crippen molar-refractivity contribution in [3.63, 3.8) is 0 Å². The molecule has 1 aliphatic rings. The SMILES string of the molecule is CC1CCCCC1N(C)C(=O)N(C)CCC(=O)O. The first kappa shape index (κ1) is 14.8. The van der Waals surface area contributed by atoms with Crippen molar-refractivity contribution in [3.05, 3.63) is 0 Å². The lowest BCUT2D eigenvalue weighted by Crippen LogP contribution is -2.48. The molecule has 0 aromatic heterocycles. The number of aliphatic carboxylic acids is 1. The van der Waals surface area contributed by atoms with Gasteiger partial charge in [-0.05, 0) is 18.8 Å². The molecule has 2 unspecified atom stereocenters. The maximum atomic E-state index is 12.2. The normalized spacial score (nSPS) is 23.5. The number of carboxylic acids is 1. The summed E-state index contributed by atoms with van der Waals surface area (Å²) in [7, 11) is 3.49. The fourth-order valence-corrected chi connectivity index (χ4v) is 2.64. The molecule has 0 saturated heterocycles. The standard InChI is InChI=1S/C13H24N2O3/c1-10-6-4-5-7-11(10)15(3)13(18)14(2)9-8-12(16)17/h10-11H,4-9H2,1-3H3,(H,16,17). The van der Waals surface area contributed by atoms with Gasteiger partial charge in [0.1, 0.15) is 0 Å². The summed E-state index contributed by atoms with van der Waals surface area (Å²) in [6, 6.07) is 0.216. The van der Waals surface area contributed by atoms with Gasteiger partial charge in [0.05, 0.1) is 6.42 Å². The van der Waals surface area contributed by atoms with Gasteiger partial charge < -0.3 is 14.9 Å². The Kier molecular flexibility index (Phi) is 5.44. The Morgan fingerprint density at radius 2 is 1.83 bits per heavy atom. The molecule has 104 valence electrons. The predicted octanol–water partition coefficient (Wildman–Crippen LogP) is 2.02. The number of carbonyl (C=O) groups is 2. The van der Waals surface area contributed by atoms with Crippen molar-refractivity contribution in [3.8, 4) is 0 Å². The van der Waals surface area contributed by atoms with Crippen LogP contribution < -0.4 is 0 Å². The summed E-state index contributed by atoms with van der Waals surface area (Å²) in [6.07, 6.45) is 4.63. The lowest BCUT2D eigenvalue weighted by molar-refractivity contribution is -0.137. The van der Waals surface area contributed by atoms with Crippen LogP contribution in [0.1, 0.15) is 39.0 Å². The second kappa shape index (κ2) is 6.61. The van der Waals surface area contributed by atoms with Gasteiger partial charge in [0, 0.05) is 26.7 Å². The van der Waals surface area contributed by atoms with Crippen LogP contribution in [-0.4, -0.2) is 53.6 Å². The molecule has 2 atom stereocenters. The second-order valence-corrected chi connectivity index (χ2v) is 5.29. The fourth-order valence-electron chi connectivity index (χ4n) is 2.64. The molecule has 0 radical (unpaired) electrons. The molecule has 0 aliphatic heterocycles. The van der Waals surface area contributed by atoms with Gasteiger partial charge in [0.25, 0.3) is 0 Å². The van der Waals surface area contributed by atoms with E-state index in [9.17, 15) is 9.59 Å². The third kappa shape index (κ3) is 3.89. The third-order valence-electron chi connectivity index (χ3n) is 3.85. The van der Waals surface area contributed by atoms with Crippen LogP contribution in [0.15, 0.2) is 0 Å². The van der Waals surface area contributed by atoms with Crippen LogP contribution in [0, 0.1) is 5.92 Å². The van der Waals surface area contributed by atoms with E-state index >= 15 is 0 Å². The van der Waals surface area contributed by atoms with Gasteiger partial charge in [-0.3, -0.25) is 4.79 Å². The van der Waals surface area contributed by atoms with Crippen molar-refractivity contribution in [2.75, 3.05) is 20.6 Å². The zero-order valence-corrected chi connectivity index (χ0v) is 11.6. The average Bonchev–Trinajstić information content (AvgIpc) is 2.34. The fraction of sp³-hybridized carbons (Fsp3) is 0.846. The van der Waals surface area contributed by atoms with E-state index < -0.39 is 5.97 Å². The van der Waals surface area contributed by atoms with E-state index in [1.165, 1.54) is 24.2 Å². The van der Waals surface area contributed by atoms with Gasteiger partial charge in [-0.1, -0.05) is 19.8 Å². The molecule has 2 amide bonds. The first-order chi connectivity index (χ1) is 8.43. The van der Waals surface area contributed by atoms with E-state index in [4.69, 9.17) is 5.11 Å². The van der Waals surface area contributed by atoms with E-state index in [2.05, 4.69) is 6.92 Å². The van der Waals surface area contributed by atoms with Crippen molar-refractivity contribution in [1.82, 2.24) is 9.80 Å². The summed E-state index contributed by atoms with van der Waals surface area (Å²) in [5, 5.41) is 8.62. The van der Waals surface area contributed by atoms with Crippen LogP contribution in [0.25, 0.3) is 0 Å². The highest BCUT2D eigenvalue weighted by atomic mass is 16.4. The first-order valence-electron chi connectivity index (χ1n) is 6.63. The third-order valence-corrected chi connectivity index (χ3v) is 3.85. The molecular weight excluding hydrogens is 232 g/mol. The van der Waals surface area contributed by atoms with Crippen molar-refractivity contribution in [2.45, 2.75) is 45.1 Å². The van der Waals surface area contributed by atoms with E-state index in [1.807, 2.05) is 7.05 Å². The monoisotopic (exact) mass is 256 g/mol. The predicted molar refractivity (Wildman–Crippen MR) is 69.5 cm³/mol. The number of hydrogen-bond donors (Lipinski definition) is 1. The molecule has 1 rings (SSSR count). The molecule has 1 aliphatic carbocycles. The molecule has 0 bridgehead atoms. The number of hydrogen-bond acceptors (Lipinski definition) is 2. The molecule has 1 N–H and O–H groups in total. The van der Waals surface area contributed by atoms with E-state index in [-0.39, 0.29) is 19.0 Å². The largest absolute Gasteiger partial charge is 0.481 e. The quantitative estimate of drug-likeness (QED) is 0.837. The highest BCUT2D eigenvalue weighted by molar-refractivity contribution is 5.75. The molecular formula is C13H24N2O3. The van der Waals surface area contributed by atoms with Gasteiger partial charge in [-0.15, -0.1) is 0 Å². The second-order valence-electron chi connectivity index (χ2n) is 5.29. The minimum Gasteiger partial charge on any atom is -0.481 e. The lowest BCUT2D eigenvalue weighted by atomic mass is 9.85. The zero-order chi connectivity index (χ0) is 13.7. The van der Waals surface area contributed by atoms with Gasteiger partial charge in [0.15, 0.2) is 0 Å². The summed E-state index contributed by atoms with van der Waals surface area (Å²) < 4.78 is 0. The molecule has 1 fully saturated rings. The zero-order valence-electron chi connectivity index (χ0n) is 11.6. The molecule has 0 aromatic carbocycles. The number of amides is 2. The highest BCUT2D eigenvalue weighted by Gasteiger charge is 2.29. The minimum atomic E-state index is -0.872. The molecule has 0 heterocycles. The van der Waals surface area contributed by atoms with Crippen molar-refractivity contribution >= 4 is 12.0 Å². The maximum absolute atomic E-state index is 12.2. The van der Waals surface area contributed by atoms with Crippen LogP contribution in [0.3, 0.4) is 0 Å². The van der Waals surface area contributed by atoms with Crippen LogP contribution in [-0.2, 0) is 4.79 Å². The molecule has 0 spiro atoms. The van der Waals surface area contributed by atoms with Crippen LogP contribution in [0.5, 0.6) is 0 Å². The van der Waals surface area contributed by atoms with E-state index in [1.54, 1.807) is 11.9 Å². The lowest BCUT2D eigenvalue weighted by Gasteiger charge is -2.38. The highest BCUT2D eigenvalue weighted by Crippen LogP contribution is 2.27. The average molecular weight is 256 g/mol. The summed E-state index contributed by atoms with van der Waals surface area (Å²) in [5.41, 5.74) is 0. The van der Waals surface area contributed by atoms with Gasteiger partial charge >= 0.3 is 12.0 Å². The van der Waals surface area contributed by atoms with Crippen molar-refractivity contribution in [2.24, 2.45) is 5.92 Å². The number of carboxylic acid groups (broad SMARTS) is 1. The Hall–Kier alpha value is -1.26. The number of carbonyl (C=O) groups excluding carboxylic acids is 1. The Balaban J connectivity index is 2.51. The summed E-state index contributed by atoms with van der Waals surface area (Å²) in [6.45, 7) is 2.45. The van der Waals surface area contributed by atoms with E-state index in [0.29, 0.717) is 12.0 Å². The van der Waals surface area contributed by atoms with Gasteiger partial charge in [-0.25, -0.2) is 4.79 Å². The van der Waals surface area contributed by atoms with Gasteiger partial charge in [-0.2, -0.15) is 0 Å². The minimum absolute atomic E-state index is 0.00367. The van der Waals surface area contributed by atoms with E-state index in [0.717, 1.165) is 6.42 Å². The number of nitrogens with zero attached hydrogens (tertiary/aromatic N) is 2. The molecule has 0 aromatic rings. The summed E-state index contributed by atoms with van der Waals surface area (Å²) in [5.74, 6) is -0.344. The van der Waals surface area contributed by atoms with Crippen molar-refractivity contribution in [1.29, 1.82) is 0 Å². The van der Waals surface area contributed by atoms with Crippen LogP contribution in [0.2, 0.25) is 0 Å². The molecule has 1 saturated carbocycles.